The Bertz CT molecular complexity index is 864. The van der Waals surface area contributed by atoms with Crippen molar-refractivity contribution in [3.05, 3.63) is 33.7 Å². The molecule has 0 radical (unpaired) electrons. The summed E-state index contributed by atoms with van der Waals surface area (Å²) in [7, 11) is 0. The summed E-state index contributed by atoms with van der Waals surface area (Å²) in [5, 5.41) is 4.04. The normalized spacial score (nSPS) is 20.7. The molecular formula is C15H10IN3O3. The van der Waals surface area contributed by atoms with Crippen LogP contribution >= 0.6 is 22.6 Å². The molecule has 2 aliphatic heterocycles. The Morgan fingerprint density at radius 2 is 2.09 bits per heavy atom. The van der Waals surface area contributed by atoms with E-state index in [1.807, 2.05) is 12.1 Å². The molecule has 1 unspecified atom stereocenters. The Morgan fingerprint density at radius 3 is 2.86 bits per heavy atom. The fraction of sp³-hybridized carbons (Fsp3) is 0.200. The molecule has 22 heavy (non-hydrogen) atoms. The van der Waals surface area contributed by atoms with Gasteiger partial charge in [0.15, 0.2) is 0 Å². The van der Waals surface area contributed by atoms with Gasteiger partial charge in [-0.3, -0.25) is 24.6 Å². The van der Waals surface area contributed by atoms with E-state index < -0.39 is 11.9 Å². The van der Waals surface area contributed by atoms with Crippen molar-refractivity contribution >= 4 is 56.8 Å². The lowest BCUT2D eigenvalue weighted by molar-refractivity contribution is -0.134. The number of amides is 3. The topological polar surface area (TPSA) is 79.4 Å². The quantitative estimate of drug-likeness (QED) is 0.443. The Kier molecular flexibility index (Phi) is 2.93. The molecule has 6 nitrogen and oxygen atoms in total. The van der Waals surface area contributed by atoms with E-state index in [1.165, 1.54) is 4.90 Å². The van der Waals surface area contributed by atoms with Gasteiger partial charge in [-0.15, -0.1) is 0 Å². The number of pyridine rings is 1. The van der Waals surface area contributed by atoms with Crippen LogP contribution in [0.15, 0.2) is 24.4 Å². The molecule has 1 atom stereocenters. The van der Waals surface area contributed by atoms with Gasteiger partial charge in [-0.1, -0.05) is 12.1 Å². The highest BCUT2D eigenvalue weighted by Crippen LogP contribution is 2.40. The van der Waals surface area contributed by atoms with E-state index in [-0.39, 0.29) is 18.2 Å². The summed E-state index contributed by atoms with van der Waals surface area (Å²) in [6.45, 7) is 0. The van der Waals surface area contributed by atoms with Crippen LogP contribution in [0.3, 0.4) is 0 Å². The Hall–Kier alpha value is -2.03. The van der Waals surface area contributed by atoms with Crippen molar-refractivity contribution in [2.24, 2.45) is 0 Å². The smallest absolute Gasteiger partial charge is 0.259 e. The van der Waals surface area contributed by atoms with Gasteiger partial charge in [0.2, 0.25) is 11.8 Å². The highest BCUT2D eigenvalue weighted by atomic mass is 127. The zero-order valence-electron chi connectivity index (χ0n) is 11.3. The zero-order valence-corrected chi connectivity index (χ0v) is 13.5. The number of hydrogen-bond acceptors (Lipinski definition) is 4. The molecule has 1 aromatic carbocycles. The largest absolute Gasteiger partial charge is 0.295 e. The van der Waals surface area contributed by atoms with Gasteiger partial charge in [-0.05, 0) is 35.1 Å². The summed E-state index contributed by atoms with van der Waals surface area (Å²) in [6, 6.07) is 4.83. The van der Waals surface area contributed by atoms with Crippen LogP contribution in [0.5, 0.6) is 0 Å². The molecule has 2 aromatic rings. The third-order valence-electron chi connectivity index (χ3n) is 4.07. The minimum absolute atomic E-state index is 0.209. The summed E-state index contributed by atoms with van der Waals surface area (Å²) in [4.78, 5) is 42.0. The lowest BCUT2D eigenvalue weighted by atomic mass is 10.0. The second-order valence-electron chi connectivity index (χ2n) is 5.30. The maximum atomic E-state index is 12.7. The van der Waals surface area contributed by atoms with E-state index in [1.54, 1.807) is 12.3 Å². The molecule has 1 saturated heterocycles. The molecule has 2 aliphatic rings. The van der Waals surface area contributed by atoms with Crippen molar-refractivity contribution in [2.75, 3.05) is 4.90 Å². The van der Waals surface area contributed by atoms with Crippen molar-refractivity contribution in [1.82, 2.24) is 10.3 Å². The number of benzene rings is 1. The number of rotatable bonds is 1. The Labute approximate surface area is 139 Å². The highest BCUT2D eigenvalue weighted by molar-refractivity contribution is 14.1. The summed E-state index contributed by atoms with van der Waals surface area (Å²) in [5.41, 5.74) is 1.23. The third-order valence-corrected chi connectivity index (χ3v) is 4.93. The number of carbonyl (C=O) groups excluding carboxylic acids is 3. The number of imide groups is 1. The predicted molar refractivity (Wildman–Crippen MR) is 87.4 cm³/mol. The van der Waals surface area contributed by atoms with Gasteiger partial charge in [-0.25, -0.2) is 4.98 Å². The first kappa shape index (κ1) is 13.6. The molecule has 110 valence electrons. The van der Waals surface area contributed by atoms with Crippen LogP contribution in [0.1, 0.15) is 23.2 Å². The van der Waals surface area contributed by atoms with Crippen LogP contribution in [0.2, 0.25) is 0 Å². The SMILES string of the molecule is O=C1CCC(N2C(=O)c3cccc4c(I)ncc2c34)C(=O)N1. The maximum absolute atomic E-state index is 12.7. The number of carbonyl (C=O) groups is 3. The minimum Gasteiger partial charge on any atom is -0.295 e. The molecule has 3 amide bonds. The van der Waals surface area contributed by atoms with Gasteiger partial charge >= 0.3 is 0 Å². The number of nitrogens with one attached hydrogen (secondary N) is 1. The zero-order chi connectivity index (χ0) is 15.4. The summed E-state index contributed by atoms with van der Waals surface area (Å²) in [5.74, 6) is -0.931. The molecule has 1 aromatic heterocycles. The van der Waals surface area contributed by atoms with E-state index in [4.69, 9.17) is 0 Å². The van der Waals surface area contributed by atoms with Crippen LogP contribution in [0, 0.1) is 3.70 Å². The van der Waals surface area contributed by atoms with E-state index in [0.717, 1.165) is 14.5 Å². The van der Waals surface area contributed by atoms with Crippen LogP contribution in [-0.2, 0) is 9.59 Å². The van der Waals surface area contributed by atoms with Gasteiger partial charge in [0.25, 0.3) is 5.91 Å². The minimum atomic E-state index is -0.664. The van der Waals surface area contributed by atoms with Crippen molar-refractivity contribution < 1.29 is 14.4 Å². The van der Waals surface area contributed by atoms with E-state index in [0.29, 0.717) is 17.7 Å². The van der Waals surface area contributed by atoms with Crippen molar-refractivity contribution in [3.8, 4) is 0 Å². The average Bonchev–Trinajstić information content (AvgIpc) is 2.78. The molecule has 1 fully saturated rings. The molecule has 0 spiro atoms. The molecule has 0 bridgehead atoms. The molecule has 4 rings (SSSR count). The standard InChI is InChI=1S/C15H10IN3O3/c16-13-7-2-1-3-8-12(7)10(6-17-13)19(15(8)22)9-4-5-11(20)18-14(9)21/h1-3,6,9H,4-5H2,(H,18,20,21). The first-order valence-corrected chi connectivity index (χ1v) is 7.90. The third kappa shape index (κ3) is 1.78. The number of anilines is 1. The summed E-state index contributed by atoms with van der Waals surface area (Å²) < 4.78 is 0.816. The van der Waals surface area contributed by atoms with Gasteiger partial charge < -0.3 is 0 Å². The lowest BCUT2D eigenvalue weighted by Gasteiger charge is -2.30. The van der Waals surface area contributed by atoms with Crippen LogP contribution in [0.4, 0.5) is 5.69 Å². The molecule has 7 heteroatoms. The fourth-order valence-electron chi connectivity index (χ4n) is 3.09. The number of aromatic nitrogens is 1. The van der Waals surface area contributed by atoms with Crippen molar-refractivity contribution in [1.29, 1.82) is 0 Å². The van der Waals surface area contributed by atoms with E-state index >= 15 is 0 Å². The first-order chi connectivity index (χ1) is 10.6. The molecular weight excluding hydrogens is 397 g/mol. The van der Waals surface area contributed by atoms with Crippen LogP contribution < -0.4 is 10.2 Å². The predicted octanol–water partition coefficient (Wildman–Crippen LogP) is 1.60. The number of nitrogens with zero attached hydrogens (tertiary/aromatic N) is 2. The fourth-order valence-corrected chi connectivity index (χ4v) is 3.68. The first-order valence-electron chi connectivity index (χ1n) is 6.82. The van der Waals surface area contributed by atoms with Gasteiger partial charge in [0.05, 0.1) is 17.4 Å². The second-order valence-corrected chi connectivity index (χ2v) is 6.33. The average molecular weight is 407 g/mol. The summed E-state index contributed by atoms with van der Waals surface area (Å²) in [6.07, 6.45) is 2.19. The number of piperidine rings is 1. The van der Waals surface area contributed by atoms with Gasteiger partial charge in [-0.2, -0.15) is 0 Å². The second kappa shape index (κ2) is 4.73. The Balaban J connectivity index is 1.89. The van der Waals surface area contributed by atoms with Crippen molar-refractivity contribution in [2.45, 2.75) is 18.9 Å². The molecule has 3 heterocycles. The maximum Gasteiger partial charge on any atom is 0.259 e. The lowest BCUT2D eigenvalue weighted by Crippen LogP contribution is -2.53. The monoisotopic (exact) mass is 407 g/mol. The Morgan fingerprint density at radius 1 is 1.27 bits per heavy atom. The molecule has 0 aliphatic carbocycles. The van der Waals surface area contributed by atoms with E-state index in [2.05, 4.69) is 32.9 Å². The molecule has 0 saturated carbocycles. The van der Waals surface area contributed by atoms with Crippen LogP contribution in [0.25, 0.3) is 10.8 Å². The molecule has 1 N–H and O–H groups in total. The summed E-state index contributed by atoms with van der Waals surface area (Å²) >= 11 is 2.13. The van der Waals surface area contributed by atoms with Gasteiger partial charge in [0, 0.05) is 17.2 Å². The van der Waals surface area contributed by atoms with E-state index in [9.17, 15) is 14.4 Å². The number of hydrogen-bond donors (Lipinski definition) is 1. The van der Waals surface area contributed by atoms with Gasteiger partial charge in [0.1, 0.15) is 9.74 Å². The van der Waals surface area contributed by atoms with Crippen molar-refractivity contribution in [3.63, 3.8) is 0 Å². The highest BCUT2D eigenvalue weighted by Gasteiger charge is 2.41. The van der Waals surface area contributed by atoms with Crippen LogP contribution in [-0.4, -0.2) is 28.7 Å². The number of halogens is 1.